The summed E-state index contributed by atoms with van der Waals surface area (Å²) in [6, 6.07) is 0.898. The third-order valence-corrected chi connectivity index (χ3v) is 3.35. The summed E-state index contributed by atoms with van der Waals surface area (Å²) in [6.07, 6.45) is -3.23. The van der Waals surface area contributed by atoms with Gasteiger partial charge in [0.25, 0.3) is 0 Å². The number of aromatic nitrogens is 1. The molecule has 1 aromatic rings. The summed E-state index contributed by atoms with van der Waals surface area (Å²) in [6.45, 7) is 0.0220. The molecule has 0 aliphatic heterocycles. The number of nitrogens with two attached hydrogens (primary N) is 1. The quantitative estimate of drug-likeness (QED) is 0.785. The largest absolute Gasteiger partial charge is 0.419 e. The maximum absolute atomic E-state index is 12.7. The standard InChI is InChI=1S/C9H11BrF3N3O2S/c10-6-4-7(9(11,12)13)8(16-5-6)15-2-1-3-19(14,17)18/h4-5H,1-3H2,(H,15,16)(H2,14,17,18). The maximum Gasteiger partial charge on any atom is 0.419 e. The number of hydrogen-bond donors (Lipinski definition) is 2. The summed E-state index contributed by atoms with van der Waals surface area (Å²) >= 11 is 2.91. The fourth-order valence-corrected chi connectivity index (χ4v) is 2.15. The number of halogens is 4. The Labute approximate surface area is 116 Å². The van der Waals surface area contributed by atoms with E-state index in [-0.39, 0.29) is 29.0 Å². The van der Waals surface area contributed by atoms with Crippen LogP contribution in [-0.2, 0) is 16.2 Å². The van der Waals surface area contributed by atoms with Gasteiger partial charge in [0, 0.05) is 17.2 Å². The van der Waals surface area contributed by atoms with Crippen molar-refractivity contribution >= 4 is 31.8 Å². The number of alkyl halides is 3. The number of anilines is 1. The van der Waals surface area contributed by atoms with Gasteiger partial charge in [0.2, 0.25) is 10.0 Å². The molecule has 0 saturated carbocycles. The number of rotatable bonds is 5. The zero-order chi connectivity index (χ0) is 14.7. The predicted octanol–water partition coefficient (Wildman–Crippen LogP) is 1.95. The molecule has 0 aliphatic rings. The van der Waals surface area contributed by atoms with Gasteiger partial charge in [0.15, 0.2) is 0 Å². The zero-order valence-corrected chi connectivity index (χ0v) is 11.9. The smallest absolute Gasteiger partial charge is 0.370 e. The predicted molar refractivity (Wildman–Crippen MR) is 68.0 cm³/mol. The van der Waals surface area contributed by atoms with Gasteiger partial charge < -0.3 is 5.32 Å². The van der Waals surface area contributed by atoms with E-state index < -0.39 is 21.8 Å². The van der Waals surface area contributed by atoms with Gasteiger partial charge in [0.1, 0.15) is 5.82 Å². The van der Waals surface area contributed by atoms with Gasteiger partial charge in [-0.1, -0.05) is 0 Å². The van der Waals surface area contributed by atoms with Crippen LogP contribution < -0.4 is 10.5 Å². The molecule has 19 heavy (non-hydrogen) atoms. The lowest BCUT2D eigenvalue weighted by Crippen LogP contribution is -2.19. The fourth-order valence-electron chi connectivity index (χ4n) is 1.28. The minimum absolute atomic E-state index is 0.0220. The van der Waals surface area contributed by atoms with Crippen molar-refractivity contribution in [3.05, 3.63) is 22.3 Å². The van der Waals surface area contributed by atoms with E-state index >= 15 is 0 Å². The van der Waals surface area contributed by atoms with E-state index in [0.29, 0.717) is 0 Å². The second-order valence-electron chi connectivity index (χ2n) is 3.69. The van der Waals surface area contributed by atoms with Crippen LogP contribution in [0.5, 0.6) is 0 Å². The fraction of sp³-hybridized carbons (Fsp3) is 0.444. The second kappa shape index (κ2) is 6.06. The molecular weight excluding hydrogens is 351 g/mol. The first-order valence-electron chi connectivity index (χ1n) is 5.07. The highest BCUT2D eigenvalue weighted by Gasteiger charge is 2.34. The molecule has 5 nitrogen and oxygen atoms in total. The highest BCUT2D eigenvalue weighted by atomic mass is 79.9. The summed E-state index contributed by atoms with van der Waals surface area (Å²) in [7, 11) is -3.61. The summed E-state index contributed by atoms with van der Waals surface area (Å²) in [5.74, 6) is -0.650. The van der Waals surface area contributed by atoms with Crippen LogP contribution in [0.1, 0.15) is 12.0 Å². The van der Waals surface area contributed by atoms with Crippen LogP contribution in [0.15, 0.2) is 16.7 Å². The van der Waals surface area contributed by atoms with Crippen LogP contribution >= 0.6 is 15.9 Å². The molecule has 0 bridgehead atoms. The van der Waals surface area contributed by atoms with Crippen molar-refractivity contribution in [2.24, 2.45) is 5.14 Å². The Balaban J connectivity index is 2.73. The van der Waals surface area contributed by atoms with Crippen LogP contribution in [0.4, 0.5) is 19.0 Å². The van der Waals surface area contributed by atoms with E-state index in [4.69, 9.17) is 5.14 Å². The molecule has 1 aromatic heterocycles. The minimum Gasteiger partial charge on any atom is -0.370 e. The molecule has 0 aliphatic carbocycles. The number of primary sulfonamides is 1. The molecule has 0 spiro atoms. The van der Waals surface area contributed by atoms with E-state index in [1.807, 2.05) is 0 Å². The Hall–Kier alpha value is -0.870. The number of pyridine rings is 1. The second-order valence-corrected chi connectivity index (χ2v) is 6.34. The van der Waals surface area contributed by atoms with Crippen molar-refractivity contribution in [2.45, 2.75) is 12.6 Å². The van der Waals surface area contributed by atoms with Crippen molar-refractivity contribution < 1.29 is 21.6 Å². The zero-order valence-electron chi connectivity index (χ0n) is 9.54. The SMILES string of the molecule is NS(=O)(=O)CCCNc1ncc(Br)cc1C(F)(F)F. The highest BCUT2D eigenvalue weighted by molar-refractivity contribution is 9.10. The summed E-state index contributed by atoms with van der Waals surface area (Å²) in [4.78, 5) is 3.62. The van der Waals surface area contributed by atoms with E-state index in [1.54, 1.807) is 0 Å². The first-order chi connectivity index (χ1) is 8.59. The van der Waals surface area contributed by atoms with Gasteiger partial charge in [-0.25, -0.2) is 18.5 Å². The van der Waals surface area contributed by atoms with Gasteiger partial charge >= 0.3 is 6.18 Å². The molecule has 0 aromatic carbocycles. The molecule has 0 saturated heterocycles. The van der Waals surface area contributed by atoms with Gasteiger partial charge in [-0.05, 0) is 28.4 Å². The summed E-state index contributed by atoms with van der Waals surface area (Å²) in [5, 5.41) is 7.22. The van der Waals surface area contributed by atoms with E-state index in [2.05, 4.69) is 26.2 Å². The Bertz CT molecular complexity index is 548. The molecule has 10 heteroatoms. The minimum atomic E-state index is -4.54. The average Bonchev–Trinajstić information content (AvgIpc) is 2.23. The lowest BCUT2D eigenvalue weighted by molar-refractivity contribution is -0.137. The molecule has 108 valence electrons. The molecule has 3 N–H and O–H groups in total. The summed E-state index contributed by atoms with van der Waals surface area (Å²) in [5.41, 5.74) is -0.919. The number of hydrogen-bond acceptors (Lipinski definition) is 4. The molecule has 1 rings (SSSR count). The molecule has 0 fully saturated rings. The highest BCUT2D eigenvalue weighted by Crippen LogP contribution is 2.35. The lowest BCUT2D eigenvalue weighted by Gasteiger charge is -2.13. The first-order valence-corrected chi connectivity index (χ1v) is 7.57. The van der Waals surface area contributed by atoms with Crippen LogP contribution in [0.25, 0.3) is 0 Å². The van der Waals surface area contributed by atoms with Gasteiger partial charge in [0.05, 0.1) is 11.3 Å². The maximum atomic E-state index is 12.7. The van der Waals surface area contributed by atoms with Gasteiger partial charge in [-0.2, -0.15) is 13.2 Å². The van der Waals surface area contributed by atoms with Crippen LogP contribution in [0.2, 0.25) is 0 Å². The van der Waals surface area contributed by atoms with E-state index in [0.717, 1.165) is 6.07 Å². The Morgan fingerprint density at radius 1 is 1.42 bits per heavy atom. The normalized spacial score (nSPS) is 12.5. The Kier molecular flexibility index (Phi) is 5.16. The molecule has 1 heterocycles. The number of nitrogens with one attached hydrogen (secondary N) is 1. The lowest BCUT2D eigenvalue weighted by atomic mass is 10.2. The van der Waals surface area contributed by atoms with Crippen molar-refractivity contribution in [2.75, 3.05) is 17.6 Å². The van der Waals surface area contributed by atoms with Crippen molar-refractivity contribution in [3.63, 3.8) is 0 Å². The van der Waals surface area contributed by atoms with Gasteiger partial charge in [-0.15, -0.1) is 0 Å². The summed E-state index contributed by atoms with van der Waals surface area (Å²) < 4.78 is 59.7. The molecule has 0 atom stereocenters. The average molecular weight is 362 g/mol. The Morgan fingerprint density at radius 3 is 2.58 bits per heavy atom. The van der Waals surface area contributed by atoms with Crippen molar-refractivity contribution in [3.8, 4) is 0 Å². The van der Waals surface area contributed by atoms with Crippen molar-refractivity contribution in [1.82, 2.24) is 4.98 Å². The topological polar surface area (TPSA) is 85.1 Å². The monoisotopic (exact) mass is 361 g/mol. The molecular formula is C9H11BrF3N3O2S. The van der Waals surface area contributed by atoms with E-state index in [9.17, 15) is 21.6 Å². The first kappa shape index (κ1) is 16.2. The van der Waals surface area contributed by atoms with Crippen LogP contribution in [0.3, 0.4) is 0 Å². The Morgan fingerprint density at radius 2 is 2.05 bits per heavy atom. The van der Waals surface area contributed by atoms with Crippen LogP contribution in [0, 0.1) is 0 Å². The third-order valence-electron chi connectivity index (χ3n) is 2.06. The van der Waals surface area contributed by atoms with Gasteiger partial charge in [-0.3, -0.25) is 0 Å². The van der Waals surface area contributed by atoms with Crippen molar-refractivity contribution in [1.29, 1.82) is 0 Å². The molecule has 0 unspecified atom stereocenters. The third kappa shape index (κ3) is 5.74. The molecule has 0 amide bonds. The van der Waals surface area contributed by atoms with Crippen LogP contribution in [-0.4, -0.2) is 25.7 Å². The molecule has 0 radical (unpaired) electrons. The van der Waals surface area contributed by atoms with E-state index in [1.165, 1.54) is 6.20 Å². The number of nitrogens with zero attached hydrogens (tertiary/aromatic N) is 1. The number of sulfonamides is 1.